The molecule has 0 spiro atoms. The van der Waals surface area contributed by atoms with E-state index in [-0.39, 0.29) is 11.9 Å². The van der Waals surface area contributed by atoms with Gasteiger partial charge in [0.05, 0.1) is 6.10 Å². The molecule has 1 fully saturated rings. The molecule has 1 N–H and O–H groups in total. The van der Waals surface area contributed by atoms with Gasteiger partial charge in [-0.15, -0.1) is 11.8 Å². The van der Waals surface area contributed by atoms with Crippen molar-refractivity contribution in [1.29, 1.82) is 0 Å². The Hall–Kier alpha value is -1.79. The summed E-state index contributed by atoms with van der Waals surface area (Å²) in [5.41, 5.74) is 3.20. The van der Waals surface area contributed by atoms with Crippen LogP contribution in [-0.4, -0.2) is 58.8 Å². The maximum absolute atomic E-state index is 12.6. The van der Waals surface area contributed by atoms with Crippen LogP contribution in [0.1, 0.15) is 36.1 Å². The van der Waals surface area contributed by atoms with Crippen LogP contribution in [0, 0.1) is 0 Å². The Morgan fingerprint density at radius 2 is 1.94 bits per heavy atom. The number of carbonyl (C=O) groups is 1. The lowest BCUT2D eigenvalue weighted by molar-refractivity contribution is -0.128. The second-order valence-electron chi connectivity index (χ2n) is 8.22. The molecule has 2 aliphatic heterocycles. The number of halogens is 1. The standard InChI is InChI=1S/C25H29ClN2O2S/c1-18(25(30)21-8-10-23-20(17-21)6-4-16-31-23)27-12-14-28(15-13-27)24(29)11-9-19-5-2-3-7-22(19)26/h2-3,5,7-11,17-18,25,30H,4,6,12-16H2,1H3. The molecule has 0 aliphatic carbocycles. The molecule has 0 aromatic heterocycles. The molecular weight excluding hydrogens is 428 g/mol. The Bertz CT molecular complexity index is 956. The molecule has 2 aromatic carbocycles. The van der Waals surface area contributed by atoms with Crippen molar-refractivity contribution >= 4 is 35.3 Å². The number of thioether (sulfide) groups is 1. The first-order valence-electron chi connectivity index (χ1n) is 10.9. The first kappa shape index (κ1) is 22.4. The molecule has 6 heteroatoms. The van der Waals surface area contributed by atoms with E-state index in [9.17, 15) is 9.90 Å². The molecule has 4 nitrogen and oxygen atoms in total. The molecule has 1 amide bonds. The van der Waals surface area contributed by atoms with Gasteiger partial charge in [-0.05, 0) is 60.4 Å². The number of piperazine rings is 1. The van der Waals surface area contributed by atoms with Crippen molar-refractivity contribution in [2.45, 2.75) is 36.8 Å². The van der Waals surface area contributed by atoms with Crippen molar-refractivity contribution in [3.05, 3.63) is 70.3 Å². The number of rotatable bonds is 5. The zero-order chi connectivity index (χ0) is 21.8. The van der Waals surface area contributed by atoms with Crippen LogP contribution in [0.4, 0.5) is 0 Å². The summed E-state index contributed by atoms with van der Waals surface area (Å²) in [6.07, 6.45) is 5.14. The Labute approximate surface area is 193 Å². The summed E-state index contributed by atoms with van der Waals surface area (Å²) in [6.45, 7) is 4.90. The molecule has 2 aliphatic rings. The molecule has 2 unspecified atom stereocenters. The summed E-state index contributed by atoms with van der Waals surface area (Å²) in [7, 11) is 0. The average molecular weight is 457 g/mol. The third-order valence-electron chi connectivity index (χ3n) is 6.24. The van der Waals surface area contributed by atoms with Gasteiger partial charge in [-0.3, -0.25) is 9.69 Å². The van der Waals surface area contributed by atoms with Gasteiger partial charge in [-0.2, -0.15) is 0 Å². The number of hydrogen-bond acceptors (Lipinski definition) is 4. The van der Waals surface area contributed by atoms with E-state index in [2.05, 4.69) is 30.0 Å². The number of hydrogen-bond donors (Lipinski definition) is 1. The van der Waals surface area contributed by atoms with Gasteiger partial charge >= 0.3 is 0 Å². The molecule has 0 saturated carbocycles. The molecule has 0 bridgehead atoms. The number of nitrogens with zero attached hydrogens (tertiary/aromatic N) is 2. The van der Waals surface area contributed by atoms with Crippen LogP contribution in [-0.2, 0) is 11.2 Å². The van der Waals surface area contributed by atoms with Gasteiger partial charge in [0.1, 0.15) is 0 Å². The first-order chi connectivity index (χ1) is 15.0. The van der Waals surface area contributed by atoms with Crippen LogP contribution in [0.15, 0.2) is 53.4 Å². The zero-order valence-corrected chi connectivity index (χ0v) is 19.4. The minimum atomic E-state index is -0.528. The summed E-state index contributed by atoms with van der Waals surface area (Å²) < 4.78 is 0. The summed E-state index contributed by atoms with van der Waals surface area (Å²) in [5.74, 6) is 1.18. The number of benzene rings is 2. The zero-order valence-electron chi connectivity index (χ0n) is 17.8. The maximum Gasteiger partial charge on any atom is 0.246 e. The van der Waals surface area contributed by atoms with E-state index in [0.29, 0.717) is 18.1 Å². The van der Waals surface area contributed by atoms with Gasteiger partial charge in [-0.25, -0.2) is 0 Å². The van der Waals surface area contributed by atoms with Crippen LogP contribution in [0.5, 0.6) is 0 Å². The third-order valence-corrected chi connectivity index (χ3v) is 7.79. The van der Waals surface area contributed by atoms with Gasteiger partial charge in [0, 0.05) is 48.2 Å². The SMILES string of the molecule is CC(C(O)c1ccc2c(c1)CCCS2)N1CCN(C(=O)C=Cc2ccccc2Cl)CC1. The highest BCUT2D eigenvalue weighted by Gasteiger charge is 2.28. The monoisotopic (exact) mass is 456 g/mol. The van der Waals surface area contributed by atoms with Crippen molar-refractivity contribution < 1.29 is 9.90 Å². The highest BCUT2D eigenvalue weighted by atomic mass is 35.5. The predicted molar refractivity (Wildman–Crippen MR) is 129 cm³/mol. The highest BCUT2D eigenvalue weighted by Crippen LogP contribution is 2.33. The van der Waals surface area contributed by atoms with E-state index in [1.54, 1.807) is 12.2 Å². The fourth-order valence-electron chi connectivity index (χ4n) is 4.27. The van der Waals surface area contributed by atoms with Crippen molar-refractivity contribution in [2.24, 2.45) is 0 Å². The summed E-state index contributed by atoms with van der Waals surface area (Å²) in [6, 6.07) is 13.9. The van der Waals surface area contributed by atoms with Crippen molar-refractivity contribution in [1.82, 2.24) is 9.80 Å². The summed E-state index contributed by atoms with van der Waals surface area (Å²) >= 11 is 8.07. The number of aliphatic hydroxyl groups excluding tert-OH is 1. The number of fused-ring (bicyclic) bond motifs is 1. The number of aliphatic hydroxyl groups is 1. The topological polar surface area (TPSA) is 43.8 Å². The van der Waals surface area contributed by atoms with Gasteiger partial charge in [0.15, 0.2) is 0 Å². The lowest BCUT2D eigenvalue weighted by Gasteiger charge is -2.39. The summed E-state index contributed by atoms with van der Waals surface area (Å²) in [4.78, 5) is 18.1. The maximum atomic E-state index is 12.6. The average Bonchev–Trinajstić information content (AvgIpc) is 2.82. The van der Waals surface area contributed by atoms with E-state index in [1.165, 1.54) is 22.6 Å². The minimum Gasteiger partial charge on any atom is -0.387 e. The molecule has 1 saturated heterocycles. The summed E-state index contributed by atoms with van der Waals surface area (Å²) in [5, 5.41) is 11.6. The van der Waals surface area contributed by atoms with E-state index >= 15 is 0 Å². The van der Waals surface area contributed by atoms with Crippen LogP contribution in [0.25, 0.3) is 6.08 Å². The first-order valence-corrected chi connectivity index (χ1v) is 12.3. The van der Waals surface area contributed by atoms with Crippen molar-refractivity contribution in [2.75, 3.05) is 31.9 Å². The van der Waals surface area contributed by atoms with E-state index in [1.807, 2.05) is 40.9 Å². The van der Waals surface area contributed by atoms with Gasteiger partial charge in [-0.1, -0.05) is 41.9 Å². The molecule has 2 aromatic rings. The van der Waals surface area contributed by atoms with Crippen LogP contribution in [0.2, 0.25) is 5.02 Å². The molecule has 0 radical (unpaired) electrons. The van der Waals surface area contributed by atoms with Crippen LogP contribution >= 0.6 is 23.4 Å². The van der Waals surface area contributed by atoms with Gasteiger partial charge in [0.2, 0.25) is 5.91 Å². The van der Waals surface area contributed by atoms with Crippen LogP contribution in [0.3, 0.4) is 0 Å². The molecule has 4 rings (SSSR count). The van der Waals surface area contributed by atoms with Crippen molar-refractivity contribution in [3.63, 3.8) is 0 Å². The molecule has 31 heavy (non-hydrogen) atoms. The quantitative estimate of drug-likeness (QED) is 0.664. The largest absolute Gasteiger partial charge is 0.387 e. The normalized spacial score (nSPS) is 19.3. The predicted octanol–water partition coefficient (Wildman–Crippen LogP) is 4.66. The Morgan fingerprint density at radius 3 is 2.71 bits per heavy atom. The third kappa shape index (κ3) is 5.35. The van der Waals surface area contributed by atoms with E-state index in [0.717, 1.165) is 30.6 Å². The Kier molecular flexibility index (Phi) is 7.39. The smallest absolute Gasteiger partial charge is 0.246 e. The molecular formula is C25H29ClN2O2S. The van der Waals surface area contributed by atoms with Crippen molar-refractivity contribution in [3.8, 4) is 0 Å². The Morgan fingerprint density at radius 1 is 1.16 bits per heavy atom. The number of amides is 1. The molecule has 2 atom stereocenters. The molecule has 164 valence electrons. The van der Waals surface area contributed by atoms with E-state index in [4.69, 9.17) is 11.6 Å². The lowest BCUT2D eigenvalue weighted by atomic mass is 9.98. The fraction of sp³-hybridized carbons (Fsp3) is 0.400. The van der Waals surface area contributed by atoms with Gasteiger partial charge < -0.3 is 10.0 Å². The number of aryl methyl sites for hydroxylation is 1. The molecule has 2 heterocycles. The number of carbonyl (C=O) groups excluding carboxylic acids is 1. The van der Waals surface area contributed by atoms with E-state index < -0.39 is 6.10 Å². The lowest BCUT2D eigenvalue weighted by Crippen LogP contribution is -2.52. The second kappa shape index (κ2) is 10.2. The van der Waals surface area contributed by atoms with Gasteiger partial charge in [0.25, 0.3) is 0 Å². The highest BCUT2D eigenvalue weighted by molar-refractivity contribution is 7.99. The minimum absolute atomic E-state index is 0.0000384. The Balaban J connectivity index is 1.32. The van der Waals surface area contributed by atoms with Crippen LogP contribution < -0.4 is 0 Å². The fourth-order valence-corrected chi connectivity index (χ4v) is 5.49. The second-order valence-corrected chi connectivity index (χ2v) is 9.76.